The van der Waals surface area contributed by atoms with E-state index in [-0.39, 0.29) is 5.91 Å². The maximum Gasteiger partial charge on any atom is 0.254 e. The predicted octanol–water partition coefficient (Wildman–Crippen LogP) is 2.46. The Morgan fingerprint density at radius 3 is 2.75 bits per heavy atom. The van der Waals surface area contributed by atoms with E-state index in [0.29, 0.717) is 16.8 Å². The molecule has 1 aliphatic heterocycles. The molecule has 0 bridgehead atoms. The van der Waals surface area contributed by atoms with Crippen molar-refractivity contribution in [3.63, 3.8) is 0 Å². The van der Waals surface area contributed by atoms with Crippen LogP contribution in [0.2, 0.25) is 5.15 Å². The van der Waals surface area contributed by atoms with E-state index in [9.17, 15) is 4.79 Å². The number of rotatable bonds is 3. The minimum Gasteiger partial charge on any atom is -0.336 e. The lowest BCUT2D eigenvalue weighted by atomic mass is 10.1. The van der Waals surface area contributed by atoms with Gasteiger partial charge in [0.1, 0.15) is 5.15 Å². The highest BCUT2D eigenvalue weighted by Crippen LogP contribution is 2.16. The van der Waals surface area contributed by atoms with Gasteiger partial charge in [-0.05, 0) is 32.0 Å². The summed E-state index contributed by atoms with van der Waals surface area (Å²) in [7, 11) is 0. The molecule has 0 N–H and O–H groups in total. The first-order valence-corrected chi connectivity index (χ1v) is 7.62. The number of aromatic nitrogens is 1. The van der Waals surface area contributed by atoms with Crippen molar-refractivity contribution in [3.8, 4) is 0 Å². The van der Waals surface area contributed by atoms with Crippen LogP contribution in [-0.4, -0.2) is 52.9 Å². The van der Waals surface area contributed by atoms with Crippen molar-refractivity contribution < 1.29 is 4.79 Å². The number of halogens is 1. The summed E-state index contributed by atoms with van der Waals surface area (Å²) in [5.41, 5.74) is 1.51. The molecule has 0 saturated carbocycles. The Hall–Kier alpha value is -1.13. The molecule has 4 nitrogen and oxygen atoms in total. The largest absolute Gasteiger partial charge is 0.336 e. The highest BCUT2D eigenvalue weighted by atomic mass is 35.5. The first kappa shape index (κ1) is 15.3. The summed E-state index contributed by atoms with van der Waals surface area (Å²) < 4.78 is 0. The van der Waals surface area contributed by atoms with Crippen LogP contribution in [0.3, 0.4) is 0 Å². The molecule has 1 aliphatic rings. The van der Waals surface area contributed by atoms with E-state index in [0.717, 1.165) is 38.3 Å². The topological polar surface area (TPSA) is 36.4 Å². The fraction of sp³-hybridized carbons (Fsp3) is 0.600. The summed E-state index contributed by atoms with van der Waals surface area (Å²) in [5.74, 6) is 0.0617. The van der Waals surface area contributed by atoms with Gasteiger partial charge in [-0.3, -0.25) is 9.69 Å². The van der Waals surface area contributed by atoms with Gasteiger partial charge in [0.15, 0.2) is 0 Å². The molecule has 1 aromatic rings. The number of carbonyl (C=O) groups is 1. The standard InChI is InChI=1S/C15H22ClN3O/c1-4-13-8-12(9-14(16)17-13)15(20)19-7-6-18(5-2)11(3)10-19/h8-9,11H,4-7,10H2,1-3H3. The van der Waals surface area contributed by atoms with Crippen LogP contribution in [0.4, 0.5) is 0 Å². The molecule has 1 fully saturated rings. The molecule has 1 unspecified atom stereocenters. The van der Waals surface area contributed by atoms with E-state index in [1.165, 1.54) is 0 Å². The van der Waals surface area contributed by atoms with Gasteiger partial charge in [0.2, 0.25) is 0 Å². The third kappa shape index (κ3) is 3.30. The Kier molecular flexibility index (Phi) is 5.00. The molecule has 2 rings (SSSR count). The third-order valence-electron chi connectivity index (χ3n) is 3.91. The smallest absolute Gasteiger partial charge is 0.254 e. The molecular weight excluding hydrogens is 274 g/mol. The quantitative estimate of drug-likeness (QED) is 0.804. The summed E-state index contributed by atoms with van der Waals surface area (Å²) in [6.07, 6.45) is 0.779. The Morgan fingerprint density at radius 1 is 1.40 bits per heavy atom. The summed E-state index contributed by atoms with van der Waals surface area (Å²) in [5, 5.41) is 0.396. The number of piperazine rings is 1. The number of hydrogen-bond donors (Lipinski definition) is 0. The van der Waals surface area contributed by atoms with Crippen molar-refractivity contribution in [2.75, 3.05) is 26.2 Å². The van der Waals surface area contributed by atoms with Crippen LogP contribution in [0.5, 0.6) is 0 Å². The molecule has 0 radical (unpaired) electrons. The van der Waals surface area contributed by atoms with Crippen molar-refractivity contribution >= 4 is 17.5 Å². The average Bonchev–Trinajstić information content (AvgIpc) is 2.45. The van der Waals surface area contributed by atoms with E-state index in [1.807, 2.05) is 17.9 Å². The fourth-order valence-corrected chi connectivity index (χ4v) is 2.91. The zero-order valence-electron chi connectivity index (χ0n) is 12.4. The Bertz CT molecular complexity index is 492. The van der Waals surface area contributed by atoms with Gasteiger partial charge in [-0.15, -0.1) is 0 Å². The molecule has 110 valence electrons. The third-order valence-corrected chi connectivity index (χ3v) is 4.11. The molecular formula is C15H22ClN3O. The van der Waals surface area contributed by atoms with Crippen LogP contribution in [0.1, 0.15) is 36.8 Å². The van der Waals surface area contributed by atoms with E-state index >= 15 is 0 Å². The summed E-state index contributed by atoms with van der Waals surface area (Å²) in [6.45, 7) is 9.85. The number of hydrogen-bond acceptors (Lipinski definition) is 3. The lowest BCUT2D eigenvalue weighted by molar-refractivity contribution is 0.0528. The first-order chi connectivity index (χ1) is 9.55. The Balaban J connectivity index is 2.14. The number of likely N-dealkylation sites (N-methyl/N-ethyl adjacent to an activating group) is 1. The molecule has 2 heterocycles. The second-order valence-electron chi connectivity index (χ2n) is 5.25. The molecule has 1 atom stereocenters. The van der Waals surface area contributed by atoms with E-state index in [1.54, 1.807) is 6.07 Å². The van der Waals surface area contributed by atoms with Crippen molar-refractivity contribution in [1.29, 1.82) is 0 Å². The van der Waals surface area contributed by atoms with Gasteiger partial charge in [0.05, 0.1) is 0 Å². The molecule has 1 aromatic heterocycles. The van der Waals surface area contributed by atoms with Gasteiger partial charge in [-0.2, -0.15) is 0 Å². The number of aryl methyl sites for hydroxylation is 1. The van der Waals surface area contributed by atoms with Gasteiger partial charge in [0, 0.05) is 36.9 Å². The molecule has 0 aromatic carbocycles. The van der Waals surface area contributed by atoms with Crippen LogP contribution in [-0.2, 0) is 6.42 Å². The summed E-state index contributed by atoms with van der Waals surface area (Å²) in [6, 6.07) is 3.92. The summed E-state index contributed by atoms with van der Waals surface area (Å²) >= 11 is 6.00. The molecule has 20 heavy (non-hydrogen) atoms. The van der Waals surface area contributed by atoms with Gasteiger partial charge < -0.3 is 4.90 Å². The summed E-state index contributed by atoms with van der Waals surface area (Å²) in [4.78, 5) is 21.1. The normalized spacial score (nSPS) is 20.2. The highest BCUT2D eigenvalue weighted by molar-refractivity contribution is 6.29. The van der Waals surface area contributed by atoms with Crippen LogP contribution >= 0.6 is 11.6 Å². The SMILES string of the molecule is CCc1cc(C(=O)N2CCN(CC)C(C)C2)cc(Cl)n1. The number of pyridine rings is 1. The Labute approximate surface area is 125 Å². The van der Waals surface area contributed by atoms with Gasteiger partial charge in [-0.25, -0.2) is 4.98 Å². The number of nitrogens with zero attached hydrogens (tertiary/aromatic N) is 3. The zero-order chi connectivity index (χ0) is 14.7. The molecule has 0 spiro atoms. The van der Waals surface area contributed by atoms with Crippen LogP contribution in [0.25, 0.3) is 0 Å². The van der Waals surface area contributed by atoms with Crippen LogP contribution in [0.15, 0.2) is 12.1 Å². The van der Waals surface area contributed by atoms with Crippen LogP contribution in [0, 0.1) is 0 Å². The van der Waals surface area contributed by atoms with Crippen molar-refractivity contribution in [1.82, 2.24) is 14.8 Å². The van der Waals surface area contributed by atoms with Crippen LogP contribution < -0.4 is 0 Å². The second kappa shape index (κ2) is 6.55. The van der Waals surface area contributed by atoms with Crippen molar-refractivity contribution in [2.24, 2.45) is 0 Å². The fourth-order valence-electron chi connectivity index (χ4n) is 2.69. The molecule has 1 amide bonds. The van der Waals surface area contributed by atoms with Gasteiger partial charge in [0.25, 0.3) is 5.91 Å². The minimum absolute atomic E-state index is 0.0617. The molecule has 1 saturated heterocycles. The van der Waals surface area contributed by atoms with Crippen molar-refractivity contribution in [2.45, 2.75) is 33.2 Å². The van der Waals surface area contributed by atoms with Crippen molar-refractivity contribution in [3.05, 3.63) is 28.5 Å². The molecule has 0 aliphatic carbocycles. The van der Waals surface area contributed by atoms with Gasteiger partial charge in [-0.1, -0.05) is 25.4 Å². The van der Waals surface area contributed by atoms with Gasteiger partial charge >= 0.3 is 0 Å². The van der Waals surface area contributed by atoms with E-state index in [4.69, 9.17) is 11.6 Å². The predicted molar refractivity (Wildman–Crippen MR) is 81.2 cm³/mol. The average molecular weight is 296 g/mol. The highest BCUT2D eigenvalue weighted by Gasteiger charge is 2.26. The maximum atomic E-state index is 12.6. The zero-order valence-corrected chi connectivity index (χ0v) is 13.2. The lowest BCUT2D eigenvalue weighted by Crippen LogP contribution is -2.53. The molecule has 5 heteroatoms. The monoisotopic (exact) mass is 295 g/mol. The minimum atomic E-state index is 0.0617. The van der Waals surface area contributed by atoms with E-state index < -0.39 is 0 Å². The number of amides is 1. The van der Waals surface area contributed by atoms with E-state index in [2.05, 4.69) is 23.7 Å². The Morgan fingerprint density at radius 2 is 2.15 bits per heavy atom. The first-order valence-electron chi connectivity index (χ1n) is 7.25. The number of carbonyl (C=O) groups excluding carboxylic acids is 1. The second-order valence-corrected chi connectivity index (χ2v) is 5.64. The lowest BCUT2D eigenvalue weighted by Gasteiger charge is -2.39. The maximum absolute atomic E-state index is 12.6.